The van der Waals surface area contributed by atoms with Gasteiger partial charge in [0.05, 0.1) is 0 Å². The molecule has 0 aliphatic carbocycles. The lowest BCUT2D eigenvalue weighted by molar-refractivity contribution is -0.263. The van der Waals surface area contributed by atoms with Crippen LogP contribution in [0.2, 0.25) is 0 Å². The van der Waals surface area contributed by atoms with Crippen LogP contribution in [0, 0.1) is 6.92 Å². The van der Waals surface area contributed by atoms with Crippen LogP contribution < -0.4 is 0 Å². The average molecular weight is 362 g/mol. The molecule has 2 heterocycles. The van der Waals surface area contributed by atoms with Crippen molar-refractivity contribution in [2.75, 3.05) is 0 Å². The van der Waals surface area contributed by atoms with Crippen molar-refractivity contribution in [2.24, 2.45) is 0 Å². The van der Waals surface area contributed by atoms with Gasteiger partial charge in [-0.05, 0) is 37.0 Å². The molecule has 6 heteroatoms. The van der Waals surface area contributed by atoms with Gasteiger partial charge >= 0.3 is 6.18 Å². The first kappa shape index (κ1) is 18.5. The maximum Gasteiger partial charge on any atom is 0.417 e. The molecule has 0 fully saturated rings. The van der Waals surface area contributed by atoms with Crippen LogP contribution >= 0.6 is 0 Å². The number of benzene rings is 1. The molecule has 1 aromatic carbocycles. The molecule has 0 saturated carbocycles. The number of hydrogen-bond acceptors (Lipinski definition) is 2. The molecule has 0 amide bonds. The lowest BCUT2D eigenvalue weighted by Crippen LogP contribution is -2.48. The fourth-order valence-corrected chi connectivity index (χ4v) is 3.25. The number of pyridine rings is 1. The van der Waals surface area contributed by atoms with E-state index in [4.69, 9.17) is 0 Å². The highest BCUT2D eigenvalue weighted by Crippen LogP contribution is 2.40. The van der Waals surface area contributed by atoms with E-state index < -0.39 is 30.5 Å². The Morgan fingerprint density at radius 3 is 2.46 bits per heavy atom. The third-order valence-corrected chi connectivity index (χ3v) is 4.78. The van der Waals surface area contributed by atoms with Gasteiger partial charge in [-0.15, -0.1) is 0 Å². The summed E-state index contributed by atoms with van der Waals surface area (Å²) in [6.07, 6.45) is -2.52. The zero-order chi connectivity index (χ0) is 18.9. The zero-order valence-electron chi connectivity index (χ0n) is 14.6. The number of hydrogen-bond donors (Lipinski definition) is 2. The van der Waals surface area contributed by atoms with Gasteiger partial charge < -0.3 is 10.1 Å². The van der Waals surface area contributed by atoms with Gasteiger partial charge in [-0.1, -0.05) is 36.8 Å². The number of aromatic amines is 1. The lowest BCUT2D eigenvalue weighted by atomic mass is 9.83. The Labute approximate surface area is 149 Å². The fraction of sp³-hybridized carbons (Fsp3) is 0.350. The molecule has 2 atom stereocenters. The van der Waals surface area contributed by atoms with Gasteiger partial charge in [0.15, 0.2) is 5.60 Å². The summed E-state index contributed by atoms with van der Waals surface area (Å²) in [6.45, 7) is 3.63. The highest BCUT2D eigenvalue weighted by atomic mass is 19.4. The van der Waals surface area contributed by atoms with Gasteiger partial charge in [-0.2, -0.15) is 13.2 Å². The standard InChI is InChI=1S/C20H21F3N2O/c1-13-3-5-15(6-4-13)14(2)10-19(26,20(21,22)23)11-17-9-16-12-24-8-7-18(16)25-17/h3-9,12,14,25-26H,10-11H2,1-2H3. The molecule has 26 heavy (non-hydrogen) atoms. The number of halogens is 3. The number of aryl methyl sites for hydroxylation is 1. The van der Waals surface area contributed by atoms with Gasteiger partial charge in [-0.25, -0.2) is 0 Å². The number of aromatic nitrogens is 2. The molecular formula is C20H21F3N2O. The van der Waals surface area contributed by atoms with Gasteiger partial charge in [0.2, 0.25) is 0 Å². The summed E-state index contributed by atoms with van der Waals surface area (Å²) in [7, 11) is 0. The summed E-state index contributed by atoms with van der Waals surface area (Å²) in [4.78, 5) is 6.91. The Bertz CT molecular complexity index is 853. The van der Waals surface area contributed by atoms with Crippen LogP contribution in [0.3, 0.4) is 0 Å². The predicted octanol–water partition coefficient (Wildman–Crippen LogP) is 4.90. The monoisotopic (exact) mass is 362 g/mol. The predicted molar refractivity (Wildman–Crippen MR) is 95.0 cm³/mol. The van der Waals surface area contributed by atoms with Crippen LogP contribution in [0.1, 0.15) is 36.1 Å². The van der Waals surface area contributed by atoms with Crippen molar-refractivity contribution >= 4 is 10.9 Å². The van der Waals surface area contributed by atoms with Gasteiger partial charge in [0.25, 0.3) is 0 Å². The Balaban J connectivity index is 1.87. The fourth-order valence-electron chi connectivity index (χ4n) is 3.25. The van der Waals surface area contributed by atoms with E-state index in [0.29, 0.717) is 11.2 Å². The number of nitrogens with zero attached hydrogens (tertiary/aromatic N) is 1. The summed E-state index contributed by atoms with van der Waals surface area (Å²) < 4.78 is 41.1. The number of rotatable bonds is 5. The lowest BCUT2D eigenvalue weighted by Gasteiger charge is -2.33. The van der Waals surface area contributed by atoms with Crippen molar-refractivity contribution in [1.29, 1.82) is 0 Å². The van der Waals surface area contributed by atoms with Gasteiger partial charge in [0, 0.05) is 35.4 Å². The molecular weight excluding hydrogens is 341 g/mol. The first-order valence-corrected chi connectivity index (χ1v) is 8.45. The van der Waals surface area contributed by atoms with Crippen LogP contribution in [-0.2, 0) is 6.42 Å². The molecule has 138 valence electrons. The molecule has 3 aromatic rings. The van der Waals surface area contributed by atoms with E-state index in [9.17, 15) is 18.3 Å². The van der Waals surface area contributed by atoms with Crippen LogP contribution in [-0.4, -0.2) is 26.9 Å². The van der Waals surface area contributed by atoms with Crippen LogP contribution in [0.25, 0.3) is 10.9 Å². The van der Waals surface area contributed by atoms with Crippen molar-refractivity contribution in [2.45, 2.75) is 44.4 Å². The largest absolute Gasteiger partial charge is 0.417 e. The Morgan fingerprint density at radius 1 is 1.15 bits per heavy atom. The molecule has 0 aliphatic heterocycles. The molecule has 2 unspecified atom stereocenters. The van der Waals surface area contributed by atoms with E-state index >= 15 is 0 Å². The van der Waals surface area contributed by atoms with Gasteiger partial charge in [-0.3, -0.25) is 4.98 Å². The van der Waals surface area contributed by atoms with Crippen LogP contribution in [0.5, 0.6) is 0 Å². The Morgan fingerprint density at radius 2 is 1.85 bits per heavy atom. The summed E-state index contributed by atoms with van der Waals surface area (Å²) in [5, 5.41) is 11.3. The van der Waals surface area contributed by atoms with Crippen molar-refractivity contribution < 1.29 is 18.3 Å². The Hall–Kier alpha value is -2.34. The first-order chi connectivity index (χ1) is 12.2. The quantitative estimate of drug-likeness (QED) is 0.678. The molecule has 3 nitrogen and oxygen atoms in total. The zero-order valence-corrected chi connectivity index (χ0v) is 14.6. The third kappa shape index (κ3) is 3.75. The van der Waals surface area contributed by atoms with Crippen LogP contribution in [0.4, 0.5) is 13.2 Å². The summed E-state index contributed by atoms with van der Waals surface area (Å²) in [6, 6.07) is 10.7. The van der Waals surface area contributed by atoms with E-state index in [1.165, 1.54) is 0 Å². The Kier molecular flexibility index (Phi) is 4.80. The topological polar surface area (TPSA) is 48.9 Å². The SMILES string of the molecule is Cc1ccc(C(C)CC(O)(Cc2cc3cnccc3[nH]2)C(F)(F)F)cc1. The number of H-pyrrole nitrogens is 1. The second-order valence-corrected chi connectivity index (χ2v) is 6.98. The second-order valence-electron chi connectivity index (χ2n) is 6.98. The minimum absolute atomic E-state index is 0.337. The first-order valence-electron chi connectivity index (χ1n) is 8.45. The smallest absolute Gasteiger partial charge is 0.380 e. The van der Waals surface area contributed by atoms with Gasteiger partial charge in [0.1, 0.15) is 0 Å². The average Bonchev–Trinajstić information content (AvgIpc) is 2.96. The number of fused-ring (bicyclic) bond motifs is 1. The van der Waals surface area contributed by atoms with E-state index in [0.717, 1.165) is 16.5 Å². The summed E-state index contributed by atoms with van der Waals surface area (Å²) in [5.74, 6) is -0.437. The van der Waals surface area contributed by atoms with Crippen molar-refractivity contribution in [3.8, 4) is 0 Å². The second kappa shape index (κ2) is 6.76. The molecule has 0 spiro atoms. The van der Waals surface area contributed by atoms with Crippen LogP contribution in [0.15, 0.2) is 48.8 Å². The normalized spacial score (nSPS) is 15.8. The third-order valence-electron chi connectivity index (χ3n) is 4.78. The highest BCUT2D eigenvalue weighted by Gasteiger charge is 2.54. The maximum absolute atomic E-state index is 13.7. The highest BCUT2D eigenvalue weighted by molar-refractivity contribution is 5.79. The van der Waals surface area contributed by atoms with E-state index in [-0.39, 0.29) is 0 Å². The number of alkyl halides is 3. The minimum atomic E-state index is -4.73. The van der Waals surface area contributed by atoms with Crippen molar-refractivity contribution in [3.63, 3.8) is 0 Å². The number of nitrogens with one attached hydrogen (secondary N) is 1. The molecule has 2 N–H and O–H groups in total. The molecule has 2 aromatic heterocycles. The van der Waals surface area contributed by atoms with E-state index in [1.807, 2.05) is 31.2 Å². The van der Waals surface area contributed by atoms with Crippen molar-refractivity contribution in [1.82, 2.24) is 9.97 Å². The van der Waals surface area contributed by atoms with Crippen molar-refractivity contribution in [3.05, 3.63) is 65.6 Å². The molecule has 0 radical (unpaired) electrons. The maximum atomic E-state index is 13.7. The van der Waals surface area contributed by atoms with E-state index in [2.05, 4.69) is 9.97 Å². The molecule has 3 rings (SSSR count). The van der Waals surface area contributed by atoms with E-state index in [1.54, 1.807) is 31.5 Å². The molecule has 0 saturated heterocycles. The summed E-state index contributed by atoms with van der Waals surface area (Å²) in [5.41, 5.74) is 0.0406. The molecule has 0 bridgehead atoms. The number of aliphatic hydroxyl groups is 1. The summed E-state index contributed by atoms with van der Waals surface area (Å²) >= 11 is 0. The minimum Gasteiger partial charge on any atom is -0.380 e. The molecule has 0 aliphatic rings.